The normalized spacial score (nSPS) is 17.5. The Morgan fingerprint density at radius 1 is 1.04 bits per heavy atom. The number of aliphatic hydroxyl groups excluding tert-OH is 1. The Bertz CT molecular complexity index is 1830. The molecule has 2 aliphatic rings. The number of nitriles is 1. The highest BCUT2D eigenvalue weighted by atomic mass is 35.5. The Kier molecular flexibility index (Phi) is 9.78. The Labute approximate surface area is 277 Å². The van der Waals surface area contributed by atoms with Crippen molar-refractivity contribution in [3.05, 3.63) is 99.8 Å². The maximum Gasteiger partial charge on any atom is 0.321 e. The Morgan fingerprint density at radius 3 is 2.66 bits per heavy atom. The van der Waals surface area contributed by atoms with Gasteiger partial charge in [-0.05, 0) is 66.3 Å². The van der Waals surface area contributed by atoms with Crippen LogP contribution in [0.15, 0.2) is 67.0 Å². The lowest BCUT2D eigenvalue weighted by Crippen LogP contribution is -2.48. The van der Waals surface area contributed by atoms with Crippen molar-refractivity contribution in [3.8, 4) is 40.2 Å². The van der Waals surface area contributed by atoms with Gasteiger partial charge in [-0.25, -0.2) is 0 Å². The molecule has 3 aromatic carbocycles. The molecule has 2 aliphatic heterocycles. The van der Waals surface area contributed by atoms with Crippen LogP contribution in [0.5, 0.6) is 23.0 Å². The molecule has 6 rings (SSSR count). The summed E-state index contributed by atoms with van der Waals surface area (Å²) < 4.78 is 24.0. The van der Waals surface area contributed by atoms with Gasteiger partial charge >= 0.3 is 5.97 Å². The second kappa shape index (κ2) is 14.3. The highest BCUT2D eigenvalue weighted by molar-refractivity contribution is 6.32. The maximum atomic E-state index is 12.0. The van der Waals surface area contributed by atoms with E-state index >= 15 is 0 Å². The minimum atomic E-state index is -0.995. The van der Waals surface area contributed by atoms with Crippen molar-refractivity contribution in [1.29, 1.82) is 5.26 Å². The monoisotopic (exact) mass is 655 g/mol. The second-order valence-electron chi connectivity index (χ2n) is 11.6. The average molecular weight is 656 g/mol. The van der Waals surface area contributed by atoms with E-state index in [4.69, 9.17) is 30.5 Å². The smallest absolute Gasteiger partial charge is 0.321 e. The first-order chi connectivity index (χ1) is 22.8. The highest BCUT2D eigenvalue weighted by Gasteiger charge is 2.33. The molecule has 0 saturated carbocycles. The number of carboxylic acids is 1. The molecule has 47 heavy (non-hydrogen) atoms. The van der Waals surface area contributed by atoms with Crippen molar-refractivity contribution >= 4 is 17.6 Å². The lowest BCUT2D eigenvalue weighted by Gasteiger charge is -2.35. The van der Waals surface area contributed by atoms with Crippen molar-refractivity contribution in [2.75, 3.05) is 19.8 Å². The van der Waals surface area contributed by atoms with E-state index in [1.54, 1.807) is 29.3 Å². The number of carbonyl (C=O) groups is 1. The van der Waals surface area contributed by atoms with Crippen molar-refractivity contribution in [2.24, 2.45) is 0 Å². The van der Waals surface area contributed by atoms with Crippen LogP contribution in [-0.4, -0.2) is 58.0 Å². The molecule has 0 unspecified atom stereocenters. The fourth-order valence-electron chi connectivity index (χ4n) is 5.91. The molecule has 242 valence electrons. The van der Waals surface area contributed by atoms with Gasteiger partial charge in [-0.1, -0.05) is 35.9 Å². The number of hydrogen-bond acceptors (Lipinski definition) is 9. The highest BCUT2D eigenvalue weighted by Crippen LogP contribution is 2.38. The lowest BCUT2D eigenvalue weighted by atomic mass is 9.96. The lowest BCUT2D eigenvalue weighted by molar-refractivity contribution is -0.147. The van der Waals surface area contributed by atoms with Gasteiger partial charge in [-0.2, -0.15) is 5.26 Å². The van der Waals surface area contributed by atoms with Crippen LogP contribution in [0.1, 0.15) is 40.7 Å². The van der Waals surface area contributed by atoms with Gasteiger partial charge in [0.05, 0.1) is 16.7 Å². The molecule has 2 N–H and O–H groups in total. The number of benzene rings is 3. The van der Waals surface area contributed by atoms with Crippen LogP contribution in [0.3, 0.4) is 0 Å². The molecule has 0 amide bonds. The van der Waals surface area contributed by atoms with E-state index in [1.165, 1.54) is 6.20 Å². The maximum absolute atomic E-state index is 12.0. The van der Waals surface area contributed by atoms with Crippen molar-refractivity contribution < 1.29 is 34.0 Å². The Morgan fingerprint density at radius 2 is 1.85 bits per heavy atom. The van der Waals surface area contributed by atoms with Crippen LogP contribution in [0.2, 0.25) is 5.02 Å². The SMILES string of the molecule is Cc1c(COc2cc(OCc3cncc(C#N)c3)c(CN3CC[C@@H](O)C[C@H]3C(=O)O)cc2Cl)cccc1-c1ccc2c(c1)OCCO2. The molecule has 10 nitrogen and oxygen atoms in total. The molecular weight excluding hydrogens is 622 g/mol. The number of hydrogen-bond donors (Lipinski definition) is 2. The van der Waals surface area contributed by atoms with Crippen LogP contribution in [0.25, 0.3) is 11.1 Å². The predicted molar refractivity (Wildman–Crippen MR) is 174 cm³/mol. The van der Waals surface area contributed by atoms with Gasteiger partial charge in [0.15, 0.2) is 11.5 Å². The number of aliphatic hydroxyl groups is 1. The standard InChI is InChI=1S/C36H34ClN3O7/c1-22-26(3-2-4-29(22)25-5-6-32-35(13-25)45-10-9-44-32)21-47-34-15-33(46-20-24-11-23(16-38)17-39-18-24)27(12-30(34)37)19-40-8-7-28(41)14-31(40)36(42)43/h2-6,11-13,15,17-18,28,31,41H,7-10,14,19-21H2,1H3,(H,42,43)/t28-,31+/m1/s1. The summed E-state index contributed by atoms with van der Waals surface area (Å²) in [5.74, 6) is 1.33. The summed E-state index contributed by atoms with van der Waals surface area (Å²) in [4.78, 5) is 17.9. The zero-order valence-corrected chi connectivity index (χ0v) is 26.6. The molecule has 1 fully saturated rings. The van der Waals surface area contributed by atoms with E-state index in [2.05, 4.69) is 17.1 Å². The van der Waals surface area contributed by atoms with Crippen molar-refractivity contribution in [3.63, 3.8) is 0 Å². The molecule has 0 bridgehead atoms. The van der Waals surface area contributed by atoms with Gasteiger partial charge in [0.25, 0.3) is 0 Å². The molecule has 1 saturated heterocycles. The average Bonchev–Trinajstić information content (AvgIpc) is 3.08. The summed E-state index contributed by atoms with van der Waals surface area (Å²) in [6.07, 6.45) is 3.03. The third kappa shape index (κ3) is 7.44. The number of nitrogens with zero attached hydrogens (tertiary/aromatic N) is 3. The number of halogens is 1. The summed E-state index contributed by atoms with van der Waals surface area (Å²) in [5.41, 5.74) is 5.85. The Balaban J connectivity index is 1.25. The van der Waals surface area contributed by atoms with Gasteiger partial charge < -0.3 is 29.2 Å². The number of pyridine rings is 1. The topological polar surface area (TPSA) is 134 Å². The summed E-state index contributed by atoms with van der Waals surface area (Å²) >= 11 is 6.77. The number of rotatable bonds is 10. The molecular formula is C36H34ClN3O7. The minimum absolute atomic E-state index is 0.119. The number of piperidine rings is 1. The molecule has 0 aliphatic carbocycles. The molecule has 0 radical (unpaired) electrons. The van der Waals surface area contributed by atoms with Crippen LogP contribution in [0, 0.1) is 18.3 Å². The van der Waals surface area contributed by atoms with Gasteiger partial charge in [0, 0.05) is 42.7 Å². The first-order valence-corrected chi connectivity index (χ1v) is 15.7. The molecule has 4 aromatic rings. The van der Waals surface area contributed by atoms with E-state index < -0.39 is 18.1 Å². The van der Waals surface area contributed by atoms with Crippen LogP contribution in [0.4, 0.5) is 0 Å². The fraction of sp³-hybridized carbons (Fsp3) is 0.306. The van der Waals surface area contributed by atoms with Crippen LogP contribution < -0.4 is 18.9 Å². The van der Waals surface area contributed by atoms with Crippen molar-refractivity contribution in [2.45, 2.75) is 51.7 Å². The van der Waals surface area contributed by atoms with E-state index in [-0.39, 0.29) is 26.2 Å². The Hall–Kier alpha value is -4.82. The first kappa shape index (κ1) is 32.1. The van der Waals surface area contributed by atoms with E-state index in [0.29, 0.717) is 59.4 Å². The van der Waals surface area contributed by atoms with Crippen LogP contribution >= 0.6 is 11.6 Å². The quantitative estimate of drug-likeness (QED) is 0.212. The van der Waals surface area contributed by atoms with Gasteiger partial charge in [-0.15, -0.1) is 0 Å². The van der Waals surface area contributed by atoms with Gasteiger partial charge in [0.2, 0.25) is 0 Å². The third-order valence-electron chi connectivity index (χ3n) is 8.46. The molecule has 2 atom stereocenters. The summed E-state index contributed by atoms with van der Waals surface area (Å²) in [6, 6.07) is 18.3. The molecule has 3 heterocycles. The number of ether oxygens (including phenoxy) is 4. The second-order valence-corrected chi connectivity index (χ2v) is 12.0. The molecule has 0 spiro atoms. The number of carboxylic acid groups (broad SMARTS) is 1. The number of likely N-dealkylation sites (tertiary alicyclic amines) is 1. The first-order valence-electron chi connectivity index (χ1n) is 15.3. The summed E-state index contributed by atoms with van der Waals surface area (Å²) in [7, 11) is 0. The van der Waals surface area contributed by atoms with Gasteiger partial charge in [-0.3, -0.25) is 14.7 Å². The summed E-state index contributed by atoms with van der Waals surface area (Å²) in [6.45, 7) is 4.09. The summed E-state index contributed by atoms with van der Waals surface area (Å²) in [5, 5.41) is 29.6. The fourth-order valence-corrected chi connectivity index (χ4v) is 6.15. The largest absolute Gasteiger partial charge is 0.488 e. The number of aromatic nitrogens is 1. The number of fused-ring (bicyclic) bond motifs is 1. The van der Waals surface area contributed by atoms with Crippen LogP contribution in [-0.2, 0) is 24.6 Å². The minimum Gasteiger partial charge on any atom is -0.488 e. The zero-order chi connectivity index (χ0) is 32.9. The predicted octanol–water partition coefficient (Wildman–Crippen LogP) is 5.92. The molecule has 1 aromatic heterocycles. The van der Waals surface area contributed by atoms with Gasteiger partial charge in [0.1, 0.15) is 50.0 Å². The number of aliphatic carboxylic acids is 1. The third-order valence-corrected chi connectivity index (χ3v) is 8.76. The zero-order valence-electron chi connectivity index (χ0n) is 25.8. The van der Waals surface area contributed by atoms with E-state index in [0.717, 1.165) is 33.8 Å². The van der Waals surface area contributed by atoms with E-state index in [1.807, 2.05) is 37.3 Å². The van der Waals surface area contributed by atoms with Crippen molar-refractivity contribution in [1.82, 2.24) is 9.88 Å². The van der Waals surface area contributed by atoms with E-state index in [9.17, 15) is 20.3 Å². The molecule has 11 heteroatoms.